The van der Waals surface area contributed by atoms with Crippen LogP contribution < -0.4 is 5.73 Å². The summed E-state index contributed by atoms with van der Waals surface area (Å²) in [5.74, 6) is 0.000370. The lowest BCUT2D eigenvalue weighted by Gasteiger charge is -2.08. The standard InChI is InChI=1S/C16H17NO/c1-11-7-9-14(12(2)16(11)17)15(18)10-8-13-5-3-4-6-13/h3,5-10H,4,17H2,1-2H3/b10-8+. The van der Waals surface area contributed by atoms with Crippen LogP contribution in [0.1, 0.15) is 27.9 Å². The number of carbonyl (C=O) groups is 1. The topological polar surface area (TPSA) is 43.1 Å². The first kappa shape index (κ1) is 12.4. The third-order valence-electron chi connectivity index (χ3n) is 3.23. The number of nitrogen functional groups attached to an aromatic ring is 1. The Morgan fingerprint density at radius 3 is 2.78 bits per heavy atom. The number of aryl methyl sites for hydroxylation is 1. The molecule has 0 aromatic heterocycles. The number of nitrogens with two attached hydrogens (primary N) is 1. The van der Waals surface area contributed by atoms with Gasteiger partial charge in [-0.1, -0.05) is 36.4 Å². The number of anilines is 1. The number of benzene rings is 1. The zero-order valence-electron chi connectivity index (χ0n) is 10.7. The lowest BCUT2D eigenvalue weighted by molar-refractivity contribution is 0.104. The number of hydrogen-bond acceptors (Lipinski definition) is 2. The highest BCUT2D eigenvalue weighted by Crippen LogP contribution is 2.21. The van der Waals surface area contributed by atoms with Crippen molar-refractivity contribution in [2.24, 2.45) is 0 Å². The van der Waals surface area contributed by atoms with Crippen LogP contribution in [0, 0.1) is 13.8 Å². The molecule has 2 rings (SSSR count). The molecule has 0 saturated heterocycles. The highest BCUT2D eigenvalue weighted by Gasteiger charge is 2.09. The minimum Gasteiger partial charge on any atom is -0.398 e. The van der Waals surface area contributed by atoms with Crippen LogP contribution in [0.15, 0.2) is 48.1 Å². The molecule has 0 amide bonds. The van der Waals surface area contributed by atoms with Gasteiger partial charge in [0.25, 0.3) is 0 Å². The highest BCUT2D eigenvalue weighted by molar-refractivity contribution is 6.06. The van der Waals surface area contributed by atoms with E-state index in [1.165, 1.54) is 0 Å². The van der Waals surface area contributed by atoms with Gasteiger partial charge in [0, 0.05) is 11.3 Å². The van der Waals surface area contributed by atoms with Crippen LogP contribution in [0.3, 0.4) is 0 Å². The Hall–Kier alpha value is -2.09. The molecular formula is C16H17NO. The highest BCUT2D eigenvalue weighted by atomic mass is 16.1. The van der Waals surface area contributed by atoms with Crippen molar-refractivity contribution in [1.29, 1.82) is 0 Å². The zero-order chi connectivity index (χ0) is 13.1. The van der Waals surface area contributed by atoms with Gasteiger partial charge in [-0.2, -0.15) is 0 Å². The summed E-state index contributed by atoms with van der Waals surface area (Å²) in [5, 5.41) is 0. The molecule has 0 heterocycles. The van der Waals surface area contributed by atoms with Crippen LogP contribution in [0.4, 0.5) is 5.69 Å². The molecule has 1 aromatic rings. The molecule has 1 aromatic carbocycles. The van der Waals surface area contributed by atoms with Gasteiger partial charge in [-0.15, -0.1) is 0 Å². The van der Waals surface area contributed by atoms with Crippen molar-refractivity contribution in [1.82, 2.24) is 0 Å². The van der Waals surface area contributed by atoms with E-state index < -0.39 is 0 Å². The van der Waals surface area contributed by atoms with E-state index in [-0.39, 0.29) is 5.78 Å². The molecule has 0 unspecified atom stereocenters. The van der Waals surface area contributed by atoms with Crippen LogP contribution in [-0.2, 0) is 0 Å². The molecule has 92 valence electrons. The normalized spacial score (nSPS) is 14.2. The van der Waals surface area contributed by atoms with E-state index in [0.717, 1.165) is 23.1 Å². The summed E-state index contributed by atoms with van der Waals surface area (Å²) in [6.07, 6.45) is 10.6. The second kappa shape index (κ2) is 5.05. The molecule has 0 spiro atoms. The van der Waals surface area contributed by atoms with Crippen molar-refractivity contribution < 1.29 is 4.79 Å². The van der Waals surface area contributed by atoms with Crippen molar-refractivity contribution in [2.75, 3.05) is 5.73 Å². The maximum absolute atomic E-state index is 12.1. The maximum atomic E-state index is 12.1. The lowest BCUT2D eigenvalue weighted by Crippen LogP contribution is -2.03. The van der Waals surface area contributed by atoms with Gasteiger partial charge in [-0.3, -0.25) is 4.79 Å². The number of carbonyl (C=O) groups excluding carboxylic acids is 1. The van der Waals surface area contributed by atoms with Gasteiger partial charge >= 0.3 is 0 Å². The smallest absolute Gasteiger partial charge is 0.186 e. The van der Waals surface area contributed by atoms with Crippen LogP contribution in [-0.4, -0.2) is 5.78 Å². The Kier molecular flexibility index (Phi) is 3.47. The SMILES string of the molecule is Cc1ccc(C(=O)/C=C/C2=CCC=C2)c(C)c1N. The van der Waals surface area contributed by atoms with Gasteiger partial charge in [0.05, 0.1) is 0 Å². The summed E-state index contributed by atoms with van der Waals surface area (Å²) in [5.41, 5.74) is 10.3. The van der Waals surface area contributed by atoms with Crippen molar-refractivity contribution in [2.45, 2.75) is 20.3 Å². The van der Waals surface area contributed by atoms with E-state index in [0.29, 0.717) is 11.3 Å². The molecule has 1 aliphatic carbocycles. The average Bonchev–Trinajstić information content (AvgIpc) is 2.86. The molecule has 0 saturated carbocycles. The molecule has 0 atom stereocenters. The molecule has 1 aliphatic rings. The molecule has 0 aliphatic heterocycles. The molecule has 2 heteroatoms. The van der Waals surface area contributed by atoms with Crippen molar-refractivity contribution >= 4 is 11.5 Å². The average molecular weight is 239 g/mol. The van der Waals surface area contributed by atoms with Crippen LogP contribution >= 0.6 is 0 Å². The van der Waals surface area contributed by atoms with E-state index in [9.17, 15) is 4.79 Å². The molecule has 0 fully saturated rings. The Bertz CT molecular complexity index is 577. The van der Waals surface area contributed by atoms with E-state index in [1.807, 2.05) is 38.1 Å². The van der Waals surface area contributed by atoms with E-state index in [4.69, 9.17) is 5.73 Å². The van der Waals surface area contributed by atoms with Gasteiger partial charge in [0.15, 0.2) is 5.78 Å². The number of hydrogen-bond donors (Lipinski definition) is 1. The van der Waals surface area contributed by atoms with Crippen molar-refractivity contribution in [3.05, 3.63) is 64.8 Å². The maximum Gasteiger partial charge on any atom is 0.186 e. The summed E-state index contributed by atoms with van der Waals surface area (Å²) < 4.78 is 0. The second-order valence-electron chi connectivity index (χ2n) is 4.51. The third-order valence-corrected chi connectivity index (χ3v) is 3.23. The molecule has 2 nitrogen and oxygen atoms in total. The van der Waals surface area contributed by atoms with E-state index in [1.54, 1.807) is 6.08 Å². The summed E-state index contributed by atoms with van der Waals surface area (Å²) in [6, 6.07) is 3.73. The predicted molar refractivity (Wildman–Crippen MR) is 75.6 cm³/mol. The monoisotopic (exact) mass is 239 g/mol. The largest absolute Gasteiger partial charge is 0.398 e. The van der Waals surface area contributed by atoms with Gasteiger partial charge in [-0.05, 0) is 43.0 Å². The fraction of sp³-hybridized carbons (Fsp3) is 0.188. The molecule has 18 heavy (non-hydrogen) atoms. The summed E-state index contributed by atoms with van der Waals surface area (Å²) in [4.78, 5) is 12.1. The van der Waals surface area contributed by atoms with Crippen LogP contribution in [0.5, 0.6) is 0 Å². The van der Waals surface area contributed by atoms with Gasteiger partial charge < -0.3 is 5.73 Å². The first-order valence-corrected chi connectivity index (χ1v) is 6.04. The molecule has 0 bridgehead atoms. The molecule has 2 N–H and O–H groups in total. The van der Waals surface area contributed by atoms with Crippen LogP contribution in [0.2, 0.25) is 0 Å². The minimum atomic E-state index is 0.000370. The van der Waals surface area contributed by atoms with Gasteiger partial charge in [0.1, 0.15) is 0 Å². The Labute approximate surface area is 108 Å². The number of allylic oxidation sites excluding steroid dienone is 6. The van der Waals surface area contributed by atoms with E-state index >= 15 is 0 Å². The fourth-order valence-electron chi connectivity index (χ4n) is 1.99. The van der Waals surface area contributed by atoms with E-state index in [2.05, 4.69) is 12.2 Å². The Morgan fingerprint density at radius 2 is 2.11 bits per heavy atom. The van der Waals surface area contributed by atoms with Crippen molar-refractivity contribution in [3.63, 3.8) is 0 Å². The van der Waals surface area contributed by atoms with Crippen LogP contribution in [0.25, 0.3) is 0 Å². The summed E-state index contributed by atoms with van der Waals surface area (Å²) in [7, 11) is 0. The predicted octanol–water partition coefficient (Wildman–Crippen LogP) is 3.51. The summed E-state index contributed by atoms with van der Waals surface area (Å²) >= 11 is 0. The fourth-order valence-corrected chi connectivity index (χ4v) is 1.99. The minimum absolute atomic E-state index is 0.000370. The Morgan fingerprint density at radius 1 is 1.33 bits per heavy atom. The third kappa shape index (κ3) is 2.43. The zero-order valence-corrected chi connectivity index (χ0v) is 10.7. The first-order valence-electron chi connectivity index (χ1n) is 6.04. The number of rotatable bonds is 3. The summed E-state index contributed by atoms with van der Waals surface area (Å²) in [6.45, 7) is 3.83. The second-order valence-corrected chi connectivity index (χ2v) is 4.51. The van der Waals surface area contributed by atoms with Gasteiger partial charge in [0.2, 0.25) is 0 Å². The first-order chi connectivity index (χ1) is 8.59. The lowest BCUT2D eigenvalue weighted by atomic mass is 9.99. The van der Waals surface area contributed by atoms with Gasteiger partial charge in [-0.25, -0.2) is 0 Å². The quantitative estimate of drug-likeness (QED) is 0.498. The Balaban J connectivity index is 2.24. The molecule has 0 radical (unpaired) electrons. The van der Waals surface area contributed by atoms with Crippen molar-refractivity contribution in [3.8, 4) is 0 Å². The molecular weight excluding hydrogens is 222 g/mol. The number of ketones is 1.